The van der Waals surface area contributed by atoms with Gasteiger partial charge in [-0.1, -0.05) is 12.8 Å². The second-order valence-corrected chi connectivity index (χ2v) is 9.92. The van der Waals surface area contributed by atoms with Crippen molar-refractivity contribution in [3.8, 4) is 6.07 Å². The van der Waals surface area contributed by atoms with Crippen LogP contribution in [0, 0.1) is 17.1 Å². The number of unbranched alkanes of at least 4 members (excludes halogenated alkanes) is 3. The molecular formula is C26H25ClF4N4O2S. The standard InChI is InChI=1S/C26H25ClF4N4O2S/c1-25(2)23(37)34(17-8-7-16(15-32)20(13-17)26(29,30)31)24(38)35(25)18-9-10-19(21(28)14-18)22(36)33-12-6-4-3-5-11-27/h7-10,13-14H,3-6,11-12H2,1-2H3,(H,33,36). The lowest BCUT2D eigenvalue weighted by Crippen LogP contribution is -2.44. The number of carbonyl (C=O) groups is 2. The maximum absolute atomic E-state index is 15.0. The third-order valence-electron chi connectivity index (χ3n) is 6.16. The van der Waals surface area contributed by atoms with Crippen molar-refractivity contribution < 1.29 is 27.2 Å². The van der Waals surface area contributed by atoms with Crippen molar-refractivity contribution in [2.75, 3.05) is 22.2 Å². The van der Waals surface area contributed by atoms with E-state index in [1.54, 1.807) is 0 Å². The Morgan fingerprint density at radius 2 is 1.76 bits per heavy atom. The summed E-state index contributed by atoms with van der Waals surface area (Å²) < 4.78 is 55.5. The summed E-state index contributed by atoms with van der Waals surface area (Å²) in [5, 5.41) is 11.6. The van der Waals surface area contributed by atoms with Crippen LogP contribution in [0.5, 0.6) is 0 Å². The minimum Gasteiger partial charge on any atom is -0.352 e. The van der Waals surface area contributed by atoms with E-state index in [-0.39, 0.29) is 22.1 Å². The predicted molar refractivity (Wildman–Crippen MR) is 141 cm³/mol. The van der Waals surface area contributed by atoms with Crippen molar-refractivity contribution in [1.82, 2.24) is 5.32 Å². The van der Waals surface area contributed by atoms with Crippen LogP contribution in [0.3, 0.4) is 0 Å². The molecule has 0 atom stereocenters. The summed E-state index contributed by atoms with van der Waals surface area (Å²) in [7, 11) is 0. The number of benzene rings is 2. The fourth-order valence-electron chi connectivity index (χ4n) is 4.16. The number of nitriles is 1. The Labute approximate surface area is 228 Å². The molecule has 12 heteroatoms. The minimum absolute atomic E-state index is 0.149. The topological polar surface area (TPSA) is 76.4 Å². The molecule has 1 N–H and O–H groups in total. The summed E-state index contributed by atoms with van der Waals surface area (Å²) >= 11 is 11.1. The van der Waals surface area contributed by atoms with Crippen LogP contribution in [0.25, 0.3) is 0 Å². The van der Waals surface area contributed by atoms with Gasteiger partial charge in [0.2, 0.25) is 0 Å². The van der Waals surface area contributed by atoms with Crippen molar-refractivity contribution in [2.45, 2.75) is 51.2 Å². The highest BCUT2D eigenvalue weighted by Crippen LogP contribution is 2.39. The zero-order valence-corrected chi connectivity index (χ0v) is 22.2. The fourth-order valence-corrected chi connectivity index (χ4v) is 4.87. The molecule has 0 bridgehead atoms. The third-order valence-corrected chi connectivity index (χ3v) is 6.79. The van der Waals surface area contributed by atoms with Crippen LogP contribution in [0.4, 0.5) is 28.9 Å². The fraction of sp³-hybridized carbons (Fsp3) is 0.385. The molecule has 1 saturated heterocycles. The van der Waals surface area contributed by atoms with Gasteiger partial charge in [0.05, 0.1) is 28.4 Å². The van der Waals surface area contributed by atoms with Crippen LogP contribution >= 0.6 is 23.8 Å². The monoisotopic (exact) mass is 568 g/mol. The number of rotatable bonds is 9. The molecule has 0 aromatic heterocycles. The molecule has 1 aliphatic heterocycles. The van der Waals surface area contributed by atoms with Crippen LogP contribution in [0.15, 0.2) is 36.4 Å². The van der Waals surface area contributed by atoms with Gasteiger partial charge in [-0.15, -0.1) is 11.6 Å². The van der Waals surface area contributed by atoms with Crippen LogP contribution in [0.2, 0.25) is 0 Å². The van der Waals surface area contributed by atoms with Gasteiger partial charge in [-0.2, -0.15) is 18.4 Å². The van der Waals surface area contributed by atoms with Gasteiger partial charge in [0.15, 0.2) is 5.11 Å². The van der Waals surface area contributed by atoms with E-state index < -0.39 is 40.5 Å². The first kappa shape index (κ1) is 29.3. The molecule has 3 rings (SSSR count). The first-order valence-electron chi connectivity index (χ1n) is 11.8. The van der Waals surface area contributed by atoms with Gasteiger partial charge in [-0.3, -0.25) is 14.5 Å². The zero-order chi connectivity index (χ0) is 28.3. The second-order valence-electron chi connectivity index (χ2n) is 9.18. The summed E-state index contributed by atoms with van der Waals surface area (Å²) in [6.45, 7) is 3.37. The van der Waals surface area contributed by atoms with E-state index in [1.165, 1.54) is 43.0 Å². The van der Waals surface area contributed by atoms with Crippen LogP contribution < -0.4 is 15.1 Å². The Balaban J connectivity index is 1.86. The SMILES string of the molecule is CC1(C)C(=O)N(c2ccc(C#N)c(C(F)(F)F)c2)C(=S)N1c1ccc(C(=O)NCCCCCCCl)c(F)c1. The van der Waals surface area contributed by atoms with Gasteiger partial charge in [0.1, 0.15) is 11.4 Å². The summed E-state index contributed by atoms with van der Waals surface area (Å²) in [4.78, 5) is 28.0. The molecule has 1 fully saturated rings. The highest BCUT2D eigenvalue weighted by Gasteiger charge is 2.51. The van der Waals surface area contributed by atoms with Crippen LogP contribution in [-0.4, -0.2) is 34.9 Å². The number of amides is 2. The first-order valence-corrected chi connectivity index (χ1v) is 12.7. The molecule has 0 radical (unpaired) electrons. The van der Waals surface area contributed by atoms with E-state index in [9.17, 15) is 27.2 Å². The molecule has 2 aromatic rings. The van der Waals surface area contributed by atoms with E-state index in [0.29, 0.717) is 18.5 Å². The Morgan fingerprint density at radius 1 is 1.11 bits per heavy atom. The summed E-state index contributed by atoms with van der Waals surface area (Å²) in [5.41, 5.74) is -3.41. The van der Waals surface area contributed by atoms with Gasteiger partial charge in [0, 0.05) is 18.1 Å². The molecule has 1 heterocycles. The molecule has 2 aromatic carbocycles. The van der Waals surface area contributed by atoms with Crippen molar-refractivity contribution in [3.05, 3.63) is 58.9 Å². The molecule has 0 spiro atoms. The van der Waals surface area contributed by atoms with Gasteiger partial charge in [-0.25, -0.2) is 4.39 Å². The van der Waals surface area contributed by atoms with E-state index >= 15 is 0 Å². The number of hydrogen-bond donors (Lipinski definition) is 1. The molecule has 0 aliphatic carbocycles. The highest BCUT2D eigenvalue weighted by atomic mass is 35.5. The number of alkyl halides is 4. The Hall–Kier alpha value is -3.23. The Bertz CT molecular complexity index is 1290. The third kappa shape index (κ3) is 5.92. The van der Waals surface area contributed by atoms with Crippen molar-refractivity contribution in [2.24, 2.45) is 0 Å². The van der Waals surface area contributed by atoms with E-state index in [0.717, 1.165) is 42.7 Å². The number of carbonyl (C=O) groups excluding carboxylic acids is 2. The van der Waals surface area contributed by atoms with Gasteiger partial charge >= 0.3 is 6.18 Å². The normalized spacial score (nSPS) is 15.1. The summed E-state index contributed by atoms with van der Waals surface area (Å²) in [6.07, 6.45) is -1.41. The number of halogens is 5. The molecule has 38 heavy (non-hydrogen) atoms. The average molecular weight is 569 g/mol. The number of anilines is 2. The first-order chi connectivity index (χ1) is 17.8. The minimum atomic E-state index is -4.83. The quantitative estimate of drug-likeness (QED) is 0.170. The lowest BCUT2D eigenvalue weighted by Gasteiger charge is -2.29. The number of hydrogen-bond acceptors (Lipinski definition) is 4. The highest BCUT2D eigenvalue weighted by molar-refractivity contribution is 7.81. The molecule has 0 saturated carbocycles. The molecule has 202 valence electrons. The summed E-state index contributed by atoms with van der Waals surface area (Å²) in [6, 6.07) is 8.08. The summed E-state index contributed by atoms with van der Waals surface area (Å²) in [5.74, 6) is -1.50. The molecule has 2 amide bonds. The number of nitrogens with zero attached hydrogens (tertiary/aromatic N) is 3. The predicted octanol–water partition coefficient (Wildman–Crippen LogP) is 6.16. The van der Waals surface area contributed by atoms with Gasteiger partial charge in [-0.05, 0) is 75.3 Å². The maximum Gasteiger partial charge on any atom is 0.417 e. The largest absolute Gasteiger partial charge is 0.417 e. The van der Waals surface area contributed by atoms with E-state index in [1.807, 2.05) is 0 Å². The zero-order valence-electron chi connectivity index (χ0n) is 20.7. The van der Waals surface area contributed by atoms with Crippen molar-refractivity contribution in [1.29, 1.82) is 5.26 Å². The lowest BCUT2D eigenvalue weighted by molar-refractivity contribution is -0.137. The van der Waals surface area contributed by atoms with Crippen molar-refractivity contribution in [3.63, 3.8) is 0 Å². The molecule has 6 nitrogen and oxygen atoms in total. The smallest absolute Gasteiger partial charge is 0.352 e. The van der Waals surface area contributed by atoms with Crippen LogP contribution in [-0.2, 0) is 11.0 Å². The Kier molecular flexibility index (Phi) is 9.00. The maximum atomic E-state index is 15.0. The number of nitrogens with one attached hydrogen (secondary N) is 1. The molecule has 0 unspecified atom stereocenters. The van der Waals surface area contributed by atoms with E-state index in [2.05, 4.69) is 5.32 Å². The molecule has 1 aliphatic rings. The second kappa shape index (κ2) is 11.7. The van der Waals surface area contributed by atoms with Crippen molar-refractivity contribution >= 4 is 52.1 Å². The number of thiocarbonyl (C=S) groups is 1. The molecular weight excluding hydrogens is 544 g/mol. The average Bonchev–Trinajstić information content (AvgIpc) is 3.03. The van der Waals surface area contributed by atoms with Gasteiger partial charge < -0.3 is 10.2 Å². The van der Waals surface area contributed by atoms with Gasteiger partial charge in [0.25, 0.3) is 11.8 Å². The van der Waals surface area contributed by atoms with Crippen LogP contribution in [0.1, 0.15) is 61.0 Å². The Morgan fingerprint density at radius 3 is 2.37 bits per heavy atom. The van der Waals surface area contributed by atoms with E-state index in [4.69, 9.17) is 29.1 Å². The lowest BCUT2D eigenvalue weighted by atomic mass is 10.0.